The zero-order chi connectivity index (χ0) is 14.7. The maximum Gasteiger partial charge on any atom is 0.306 e. The number of Topliss-reactive ketones (excluding diaryl/α,β-unsaturated/α-hetero) is 1. The van der Waals surface area contributed by atoms with Gasteiger partial charge in [-0.3, -0.25) is 9.59 Å². The summed E-state index contributed by atoms with van der Waals surface area (Å²) in [5, 5.41) is 9.12. The monoisotopic (exact) mass is 271 g/mol. The smallest absolute Gasteiger partial charge is 0.306 e. The molecule has 0 aliphatic heterocycles. The number of aliphatic carboxylic acids is 1. The molecule has 0 bridgehead atoms. The highest BCUT2D eigenvalue weighted by molar-refractivity contribution is 5.87. The molecular weight excluding hydrogens is 242 g/mol. The van der Waals surface area contributed by atoms with Crippen molar-refractivity contribution in [3.8, 4) is 0 Å². The van der Waals surface area contributed by atoms with Crippen LogP contribution in [0.2, 0.25) is 0 Å². The van der Waals surface area contributed by atoms with Crippen LogP contribution in [0.1, 0.15) is 71.6 Å². The van der Waals surface area contributed by atoms with Crippen molar-refractivity contribution in [2.75, 3.05) is 0 Å². The molecule has 0 amide bonds. The molecule has 0 spiro atoms. The molecule has 0 heterocycles. The average molecular weight is 271 g/mol. The fourth-order valence-electron chi connectivity index (χ4n) is 2.12. The van der Waals surface area contributed by atoms with Gasteiger partial charge in [-0.2, -0.15) is 0 Å². The molecule has 3 N–H and O–H groups in total. The lowest BCUT2D eigenvalue weighted by atomic mass is 9.92. The topological polar surface area (TPSA) is 80.4 Å². The Bertz CT molecular complexity index is 266. The lowest BCUT2D eigenvalue weighted by Gasteiger charge is -2.15. The van der Waals surface area contributed by atoms with Crippen LogP contribution in [0.15, 0.2) is 0 Å². The van der Waals surface area contributed by atoms with Crippen LogP contribution in [0, 0.1) is 5.92 Å². The van der Waals surface area contributed by atoms with Gasteiger partial charge < -0.3 is 10.8 Å². The predicted molar refractivity (Wildman–Crippen MR) is 77.0 cm³/mol. The molecule has 19 heavy (non-hydrogen) atoms. The number of hydrogen-bond donors (Lipinski definition) is 2. The van der Waals surface area contributed by atoms with E-state index in [0.717, 1.165) is 38.5 Å². The second-order valence-electron chi connectivity index (χ2n) is 5.30. The molecule has 0 aromatic carbocycles. The minimum atomic E-state index is -0.870. The van der Waals surface area contributed by atoms with Crippen LogP contribution in [-0.4, -0.2) is 22.9 Å². The number of nitrogens with two attached hydrogens (primary N) is 1. The summed E-state index contributed by atoms with van der Waals surface area (Å²) in [7, 11) is 0. The van der Waals surface area contributed by atoms with Crippen LogP contribution >= 0.6 is 0 Å². The van der Waals surface area contributed by atoms with Crippen molar-refractivity contribution in [1.82, 2.24) is 0 Å². The molecular formula is C15H29NO3. The molecule has 0 aliphatic carbocycles. The average Bonchev–Trinajstić information content (AvgIpc) is 2.37. The van der Waals surface area contributed by atoms with Crippen molar-refractivity contribution in [1.29, 1.82) is 0 Å². The van der Waals surface area contributed by atoms with E-state index in [1.807, 2.05) is 0 Å². The summed E-state index contributed by atoms with van der Waals surface area (Å²) >= 11 is 0. The Labute approximate surface area is 116 Å². The van der Waals surface area contributed by atoms with Gasteiger partial charge in [0, 0.05) is 6.42 Å². The van der Waals surface area contributed by atoms with Crippen LogP contribution in [0.3, 0.4) is 0 Å². The van der Waals surface area contributed by atoms with E-state index >= 15 is 0 Å². The number of carboxylic acid groups (broad SMARTS) is 1. The Kier molecular flexibility index (Phi) is 10.5. The molecule has 0 saturated heterocycles. The summed E-state index contributed by atoms with van der Waals surface area (Å²) in [6.07, 6.45) is 7.38. The first-order valence-electron chi connectivity index (χ1n) is 7.54. The lowest BCUT2D eigenvalue weighted by molar-refractivity contribution is -0.144. The molecule has 0 aliphatic rings. The Hall–Kier alpha value is -0.900. The molecule has 4 heteroatoms. The van der Waals surface area contributed by atoms with Crippen molar-refractivity contribution in [2.45, 2.75) is 77.7 Å². The van der Waals surface area contributed by atoms with E-state index in [-0.39, 0.29) is 12.2 Å². The van der Waals surface area contributed by atoms with Crippen LogP contribution in [0.4, 0.5) is 0 Å². The van der Waals surface area contributed by atoms with Crippen molar-refractivity contribution >= 4 is 11.8 Å². The van der Waals surface area contributed by atoms with E-state index in [0.29, 0.717) is 12.8 Å². The fourth-order valence-corrected chi connectivity index (χ4v) is 2.12. The third-order valence-corrected chi connectivity index (χ3v) is 3.49. The van der Waals surface area contributed by atoms with Gasteiger partial charge in [-0.1, -0.05) is 52.4 Å². The van der Waals surface area contributed by atoms with Crippen LogP contribution in [-0.2, 0) is 9.59 Å². The zero-order valence-corrected chi connectivity index (χ0v) is 12.4. The number of carboxylic acids is 1. The molecule has 2 atom stereocenters. The third-order valence-electron chi connectivity index (χ3n) is 3.49. The van der Waals surface area contributed by atoms with E-state index in [4.69, 9.17) is 10.8 Å². The highest BCUT2D eigenvalue weighted by Crippen LogP contribution is 2.16. The van der Waals surface area contributed by atoms with Gasteiger partial charge in [0.15, 0.2) is 0 Å². The Morgan fingerprint density at radius 2 is 1.53 bits per heavy atom. The summed E-state index contributed by atoms with van der Waals surface area (Å²) in [4.78, 5) is 23.0. The number of hydrogen-bond acceptors (Lipinski definition) is 3. The number of ketones is 1. The van der Waals surface area contributed by atoms with Crippen molar-refractivity contribution in [2.24, 2.45) is 11.7 Å². The molecule has 0 aromatic rings. The van der Waals surface area contributed by atoms with Gasteiger partial charge in [-0.05, 0) is 12.8 Å². The minimum absolute atomic E-state index is 0.0896. The van der Waals surface area contributed by atoms with E-state index in [1.165, 1.54) is 0 Å². The SMILES string of the molecule is CCCCCC(N)C(=O)CC(CCCCC)C(=O)O. The second kappa shape index (κ2) is 11.0. The summed E-state index contributed by atoms with van der Waals surface area (Å²) in [6.45, 7) is 4.17. The van der Waals surface area contributed by atoms with Crippen LogP contribution in [0.25, 0.3) is 0 Å². The first-order valence-corrected chi connectivity index (χ1v) is 7.54. The summed E-state index contributed by atoms with van der Waals surface area (Å²) in [5.41, 5.74) is 5.82. The number of carbonyl (C=O) groups excluding carboxylic acids is 1. The molecule has 112 valence electrons. The van der Waals surface area contributed by atoms with Gasteiger partial charge >= 0.3 is 5.97 Å². The highest BCUT2D eigenvalue weighted by Gasteiger charge is 2.23. The fraction of sp³-hybridized carbons (Fsp3) is 0.867. The lowest BCUT2D eigenvalue weighted by Crippen LogP contribution is -2.33. The van der Waals surface area contributed by atoms with E-state index in [1.54, 1.807) is 0 Å². The third kappa shape index (κ3) is 8.76. The van der Waals surface area contributed by atoms with Gasteiger partial charge in [0.2, 0.25) is 0 Å². The Morgan fingerprint density at radius 1 is 1.00 bits per heavy atom. The standard InChI is InChI=1S/C15H29NO3/c1-3-5-7-9-12(15(18)19)11-14(17)13(16)10-8-6-4-2/h12-13H,3-11,16H2,1-2H3,(H,18,19). The molecule has 0 aromatic heterocycles. The largest absolute Gasteiger partial charge is 0.481 e. The summed E-state index contributed by atoms with van der Waals surface area (Å²) < 4.78 is 0. The van der Waals surface area contributed by atoms with E-state index in [2.05, 4.69) is 13.8 Å². The van der Waals surface area contributed by atoms with E-state index < -0.39 is 17.9 Å². The number of unbranched alkanes of at least 4 members (excludes halogenated alkanes) is 4. The molecule has 4 nitrogen and oxygen atoms in total. The molecule has 0 saturated carbocycles. The quantitative estimate of drug-likeness (QED) is 0.534. The summed E-state index contributed by atoms with van der Waals surface area (Å²) in [5.74, 6) is -1.53. The predicted octanol–water partition coefficient (Wildman–Crippen LogP) is 3.13. The Morgan fingerprint density at radius 3 is 2.00 bits per heavy atom. The van der Waals surface area contributed by atoms with Gasteiger partial charge in [0.05, 0.1) is 12.0 Å². The van der Waals surface area contributed by atoms with Crippen molar-refractivity contribution < 1.29 is 14.7 Å². The molecule has 0 radical (unpaired) electrons. The van der Waals surface area contributed by atoms with Crippen molar-refractivity contribution in [3.05, 3.63) is 0 Å². The molecule has 0 rings (SSSR count). The molecule has 2 unspecified atom stereocenters. The summed E-state index contributed by atoms with van der Waals surface area (Å²) in [6, 6.07) is -0.487. The maximum absolute atomic E-state index is 11.9. The first-order chi connectivity index (χ1) is 9.02. The van der Waals surface area contributed by atoms with E-state index in [9.17, 15) is 9.59 Å². The highest BCUT2D eigenvalue weighted by atomic mass is 16.4. The zero-order valence-electron chi connectivity index (χ0n) is 12.4. The number of rotatable bonds is 12. The van der Waals surface area contributed by atoms with Crippen molar-refractivity contribution in [3.63, 3.8) is 0 Å². The minimum Gasteiger partial charge on any atom is -0.481 e. The van der Waals surface area contributed by atoms with Crippen LogP contribution < -0.4 is 5.73 Å². The second-order valence-corrected chi connectivity index (χ2v) is 5.30. The van der Waals surface area contributed by atoms with Gasteiger partial charge in [-0.25, -0.2) is 0 Å². The molecule has 0 fully saturated rings. The van der Waals surface area contributed by atoms with Gasteiger partial charge in [0.25, 0.3) is 0 Å². The van der Waals surface area contributed by atoms with Gasteiger partial charge in [0.1, 0.15) is 5.78 Å². The van der Waals surface area contributed by atoms with Gasteiger partial charge in [-0.15, -0.1) is 0 Å². The Balaban J connectivity index is 4.11. The van der Waals surface area contributed by atoms with Crippen LogP contribution in [0.5, 0.6) is 0 Å². The normalized spacial score (nSPS) is 14.1. The number of carbonyl (C=O) groups is 2. The first kappa shape index (κ1) is 18.1. The maximum atomic E-state index is 11.9.